The quantitative estimate of drug-likeness (QED) is 0.734. The first-order valence-corrected chi connectivity index (χ1v) is 12.2. The number of halogens is 2. The molecule has 1 N–H and O–H groups in total. The second-order valence-electron chi connectivity index (χ2n) is 6.51. The predicted molar refractivity (Wildman–Crippen MR) is 106 cm³/mol. The van der Waals surface area contributed by atoms with Crippen LogP contribution in [0.3, 0.4) is 0 Å². The van der Waals surface area contributed by atoms with Crippen LogP contribution in [0.1, 0.15) is 32.1 Å². The largest absolute Gasteiger partial charge is 0.240 e. The third-order valence-corrected chi connectivity index (χ3v) is 8.56. The van der Waals surface area contributed by atoms with E-state index in [0.717, 1.165) is 32.1 Å². The van der Waals surface area contributed by atoms with Gasteiger partial charge in [-0.15, -0.1) is 0 Å². The molecule has 0 spiro atoms. The lowest BCUT2D eigenvalue weighted by Crippen LogP contribution is -2.36. The number of hydrogen-bond acceptors (Lipinski definition) is 4. The molecule has 27 heavy (non-hydrogen) atoms. The van der Waals surface area contributed by atoms with Crippen molar-refractivity contribution in [2.24, 2.45) is 0 Å². The van der Waals surface area contributed by atoms with Crippen LogP contribution in [0.5, 0.6) is 0 Å². The Morgan fingerprint density at radius 1 is 0.778 bits per heavy atom. The van der Waals surface area contributed by atoms with Gasteiger partial charge in [0, 0.05) is 6.04 Å². The van der Waals surface area contributed by atoms with Crippen LogP contribution in [0.15, 0.2) is 57.2 Å². The van der Waals surface area contributed by atoms with Gasteiger partial charge >= 0.3 is 0 Å². The van der Waals surface area contributed by atoms with E-state index in [4.69, 9.17) is 23.2 Å². The molecule has 2 aromatic carbocycles. The Kier molecular flexibility index (Phi) is 6.17. The normalized spacial score (nSPS) is 16.4. The second kappa shape index (κ2) is 8.09. The molecule has 0 atom stereocenters. The summed E-state index contributed by atoms with van der Waals surface area (Å²) in [5.41, 5.74) is 0. The van der Waals surface area contributed by atoms with Crippen molar-refractivity contribution in [3.8, 4) is 0 Å². The third kappa shape index (κ3) is 4.66. The van der Waals surface area contributed by atoms with Crippen LogP contribution in [-0.2, 0) is 19.9 Å². The zero-order valence-electron chi connectivity index (χ0n) is 14.4. The molecule has 0 saturated heterocycles. The summed E-state index contributed by atoms with van der Waals surface area (Å²) in [6.45, 7) is 0. The fourth-order valence-corrected chi connectivity index (χ4v) is 6.22. The number of rotatable bonds is 5. The van der Waals surface area contributed by atoms with Gasteiger partial charge in [-0.3, -0.25) is 0 Å². The first-order valence-electron chi connectivity index (χ1n) is 8.53. The highest BCUT2D eigenvalue weighted by molar-refractivity contribution is 7.91. The monoisotopic (exact) mass is 447 g/mol. The van der Waals surface area contributed by atoms with Crippen molar-refractivity contribution in [1.82, 2.24) is 4.72 Å². The summed E-state index contributed by atoms with van der Waals surface area (Å²) in [5, 5.41) is 0.351. The SMILES string of the molecule is O=S(=O)(NC1CCCCC1)c1cccc(S(=O)(=O)c2ccc(Cl)c(Cl)c2)c1. The summed E-state index contributed by atoms with van der Waals surface area (Å²) in [7, 11) is -7.73. The molecule has 0 radical (unpaired) electrons. The van der Waals surface area contributed by atoms with Gasteiger partial charge in [-0.25, -0.2) is 21.6 Å². The highest BCUT2D eigenvalue weighted by Crippen LogP contribution is 2.29. The predicted octanol–water partition coefficient (Wildman–Crippen LogP) is 4.44. The summed E-state index contributed by atoms with van der Waals surface area (Å²) >= 11 is 11.8. The molecule has 9 heteroatoms. The van der Waals surface area contributed by atoms with Crippen molar-refractivity contribution in [2.45, 2.75) is 52.8 Å². The Labute approximate surface area is 169 Å². The minimum atomic E-state index is -3.93. The Balaban J connectivity index is 1.93. The van der Waals surface area contributed by atoms with Gasteiger partial charge in [0.2, 0.25) is 19.9 Å². The van der Waals surface area contributed by atoms with Crippen LogP contribution >= 0.6 is 23.2 Å². The van der Waals surface area contributed by atoms with Gasteiger partial charge in [-0.2, -0.15) is 0 Å². The van der Waals surface area contributed by atoms with E-state index in [0.29, 0.717) is 0 Å². The average Bonchev–Trinajstić information content (AvgIpc) is 2.64. The molecule has 0 bridgehead atoms. The Morgan fingerprint density at radius 3 is 2.07 bits per heavy atom. The van der Waals surface area contributed by atoms with Crippen molar-refractivity contribution in [3.05, 3.63) is 52.5 Å². The number of sulfone groups is 1. The lowest BCUT2D eigenvalue weighted by Gasteiger charge is -2.22. The molecular formula is C18H19Cl2NO4S2. The van der Waals surface area contributed by atoms with Crippen molar-refractivity contribution in [2.75, 3.05) is 0 Å². The molecule has 5 nitrogen and oxygen atoms in total. The van der Waals surface area contributed by atoms with E-state index in [1.807, 2.05) is 0 Å². The van der Waals surface area contributed by atoms with Crippen molar-refractivity contribution in [3.63, 3.8) is 0 Å². The minimum absolute atomic E-state index is 0.0494. The van der Waals surface area contributed by atoms with Gasteiger partial charge in [-0.1, -0.05) is 48.5 Å². The smallest absolute Gasteiger partial charge is 0.219 e. The Bertz CT molecular complexity index is 1050. The standard InChI is InChI=1S/C18H19Cl2NO4S2/c19-17-10-9-15(12-18(17)20)26(22,23)14-7-4-8-16(11-14)27(24,25)21-13-5-2-1-3-6-13/h4,7-13,21H,1-3,5-6H2. The van der Waals surface area contributed by atoms with Crippen molar-refractivity contribution in [1.29, 1.82) is 0 Å². The number of benzene rings is 2. The molecule has 1 fully saturated rings. The van der Waals surface area contributed by atoms with Gasteiger partial charge in [0.25, 0.3) is 0 Å². The zero-order valence-corrected chi connectivity index (χ0v) is 17.5. The van der Waals surface area contributed by atoms with Gasteiger partial charge in [0.15, 0.2) is 0 Å². The molecule has 0 aliphatic heterocycles. The zero-order chi connectivity index (χ0) is 19.7. The van der Waals surface area contributed by atoms with Crippen LogP contribution in [0.2, 0.25) is 10.0 Å². The molecule has 0 heterocycles. The van der Waals surface area contributed by atoms with E-state index in [1.165, 1.54) is 42.5 Å². The van der Waals surface area contributed by atoms with E-state index in [9.17, 15) is 16.8 Å². The molecule has 1 aliphatic carbocycles. The van der Waals surface area contributed by atoms with E-state index in [-0.39, 0.29) is 30.8 Å². The highest BCUT2D eigenvalue weighted by Gasteiger charge is 2.25. The molecule has 1 saturated carbocycles. The molecule has 0 amide bonds. The van der Waals surface area contributed by atoms with Crippen LogP contribution in [-0.4, -0.2) is 22.9 Å². The fraction of sp³-hybridized carbons (Fsp3) is 0.333. The number of hydrogen-bond donors (Lipinski definition) is 1. The molecule has 1 aliphatic rings. The number of sulfonamides is 1. The van der Waals surface area contributed by atoms with Crippen LogP contribution in [0.4, 0.5) is 0 Å². The Morgan fingerprint density at radius 2 is 1.41 bits per heavy atom. The molecule has 2 aromatic rings. The maximum absolute atomic E-state index is 12.8. The van der Waals surface area contributed by atoms with E-state index in [1.54, 1.807) is 0 Å². The summed E-state index contributed by atoms with van der Waals surface area (Å²) in [6.07, 6.45) is 4.66. The van der Waals surface area contributed by atoms with Gasteiger partial charge in [0.1, 0.15) is 0 Å². The molecule has 0 unspecified atom stereocenters. The van der Waals surface area contributed by atoms with E-state index >= 15 is 0 Å². The minimum Gasteiger partial charge on any atom is -0.219 e. The molecule has 3 rings (SSSR count). The van der Waals surface area contributed by atoms with Gasteiger partial charge in [-0.05, 0) is 49.2 Å². The van der Waals surface area contributed by atoms with Crippen LogP contribution in [0, 0.1) is 0 Å². The fourth-order valence-electron chi connectivity index (χ4n) is 3.10. The van der Waals surface area contributed by atoms with Crippen molar-refractivity contribution < 1.29 is 16.8 Å². The summed E-state index contributed by atoms with van der Waals surface area (Å²) in [4.78, 5) is -0.242. The van der Waals surface area contributed by atoms with Crippen LogP contribution < -0.4 is 4.72 Å². The maximum Gasteiger partial charge on any atom is 0.240 e. The molecule has 0 aromatic heterocycles. The third-order valence-electron chi connectivity index (χ3n) is 4.55. The molecular weight excluding hydrogens is 429 g/mol. The van der Waals surface area contributed by atoms with Crippen molar-refractivity contribution >= 4 is 43.1 Å². The second-order valence-corrected chi connectivity index (χ2v) is 11.0. The van der Waals surface area contributed by atoms with Gasteiger partial charge < -0.3 is 0 Å². The first-order chi connectivity index (χ1) is 12.7. The highest BCUT2D eigenvalue weighted by atomic mass is 35.5. The topological polar surface area (TPSA) is 80.3 Å². The number of nitrogens with one attached hydrogen (secondary N) is 1. The first kappa shape index (κ1) is 20.6. The Hall–Kier alpha value is -1.12. The van der Waals surface area contributed by atoms with Crippen LogP contribution in [0.25, 0.3) is 0 Å². The summed E-state index contributed by atoms with van der Waals surface area (Å²) < 4.78 is 53.7. The summed E-state index contributed by atoms with van der Waals surface area (Å²) in [6, 6.07) is 9.20. The van der Waals surface area contributed by atoms with E-state index in [2.05, 4.69) is 4.72 Å². The lowest BCUT2D eigenvalue weighted by atomic mass is 9.96. The molecule has 146 valence electrons. The van der Waals surface area contributed by atoms with E-state index < -0.39 is 19.9 Å². The van der Waals surface area contributed by atoms with Gasteiger partial charge in [0.05, 0.1) is 24.7 Å². The summed E-state index contributed by atoms with van der Waals surface area (Å²) in [5.74, 6) is 0. The lowest BCUT2D eigenvalue weighted by molar-refractivity contribution is 0.412. The maximum atomic E-state index is 12.8. The average molecular weight is 448 g/mol.